The molecule has 0 bridgehead atoms. The minimum absolute atomic E-state index is 0.0592. The number of hydrogen-bond donors (Lipinski definition) is 0. The number of nitrogens with zero attached hydrogens (tertiary/aromatic N) is 4. The summed E-state index contributed by atoms with van der Waals surface area (Å²) in [6, 6.07) is 9.30. The molecule has 5 nitrogen and oxygen atoms in total. The number of amides is 1. The molecular weight excluding hydrogens is 252 g/mol. The van der Waals surface area contributed by atoms with Gasteiger partial charge in [0.2, 0.25) is 0 Å². The molecule has 0 saturated heterocycles. The minimum Gasteiger partial charge on any atom is -0.322 e. The van der Waals surface area contributed by atoms with Crippen molar-refractivity contribution in [3.05, 3.63) is 59.8 Å². The summed E-state index contributed by atoms with van der Waals surface area (Å²) in [6.07, 6.45) is 7.47. The molecule has 1 aromatic carbocycles. The van der Waals surface area contributed by atoms with Gasteiger partial charge in [-0.1, -0.05) is 18.2 Å². The summed E-state index contributed by atoms with van der Waals surface area (Å²) >= 11 is 0. The van der Waals surface area contributed by atoms with Crippen LogP contribution in [-0.2, 0) is 11.3 Å². The van der Waals surface area contributed by atoms with E-state index in [9.17, 15) is 4.79 Å². The van der Waals surface area contributed by atoms with Gasteiger partial charge in [-0.2, -0.15) is 10.4 Å². The van der Waals surface area contributed by atoms with Crippen molar-refractivity contribution in [3.8, 4) is 6.07 Å². The largest absolute Gasteiger partial charge is 0.322 e. The van der Waals surface area contributed by atoms with Gasteiger partial charge in [-0.3, -0.25) is 4.79 Å². The SMILES string of the molecule is N#Cc1cccc(CN2N=C3C=CC=CN3CC2=O)c1. The number of amidine groups is 1. The smallest absolute Gasteiger partial charge is 0.263 e. The van der Waals surface area contributed by atoms with E-state index in [1.807, 2.05) is 41.5 Å². The molecule has 2 aliphatic heterocycles. The molecule has 20 heavy (non-hydrogen) atoms. The van der Waals surface area contributed by atoms with Crippen LogP contribution >= 0.6 is 0 Å². The van der Waals surface area contributed by atoms with Gasteiger partial charge < -0.3 is 4.90 Å². The van der Waals surface area contributed by atoms with Crippen LogP contribution in [0.1, 0.15) is 11.1 Å². The Hall–Kier alpha value is -2.87. The van der Waals surface area contributed by atoms with E-state index in [2.05, 4.69) is 11.2 Å². The van der Waals surface area contributed by atoms with Gasteiger partial charge in [0, 0.05) is 6.20 Å². The van der Waals surface area contributed by atoms with Crippen molar-refractivity contribution in [1.82, 2.24) is 9.91 Å². The highest BCUT2D eigenvalue weighted by Crippen LogP contribution is 2.15. The number of nitriles is 1. The summed E-state index contributed by atoms with van der Waals surface area (Å²) in [5.41, 5.74) is 1.48. The first-order valence-electron chi connectivity index (χ1n) is 6.26. The van der Waals surface area contributed by atoms with Crippen molar-refractivity contribution in [2.75, 3.05) is 6.54 Å². The second-order valence-corrected chi connectivity index (χ2v) is 4.55. The van der Waals surface area contributed by atoms with Gasteiger partial charge >= 0.3 is 0 Å². The number of hydrogen-bond acceptors (Lipinski definition) is 4. The fraction of sp³-hybridized carbons (Fsp3) is 0.133. The van der Waals surface area contributed by atoms with Crippen LogP contribution in [0.15, 0.2) is 53.8 Å². The number of carbonyl (C=O) groups excluding carboxylic acids is 1. The van der Waals surface area contributed by atoms with Crippen LogP contribution in [0, 0.1) is 11.3 Å². The Morgan fingerprint density at radius 2 is 2.25 bits per heavy atom. The fourth-order valence-corrected chi connectivity index (χ4v) is 2.13. The Balaban J connectivity index is 1.83. The average molecular weight is 264 g/mol. The summed E-state index contributed by atoms with van der Waals surface area (Å²) in [5, 5.41) is 14.7. The van der Waals surface area contributed by atoms with Crippen LogP contribution in [0.5, 0.6) is 0 Å². The second kappa shape index (κ2) is 5.02. The molecule has 1 amide bonds. The maximum atomic E-state index is 12.1. The molecule has 0 unspecified atom stereocenters. The number of allylic oxidation sites excluding steroid dienone is 2. The Kier molecular flexibility index (Phi) is 3.05. The highest BCUT2D eigenvalue weighted by Gasteiger charge is 2.24. The summed E-state index contributed by atoms with van der Waals surface area (Å²) in [5.74, 6) is 0.694. The molecule has 0 aliphatic carbocycles. The first-order chi connectivity index (χ1) is 9.76. The van der Waals surface area contributed by atoms with E-state index in [1.54, 1.807) is 12.1 Å². The number of benzene rings is 1. The lowest BCUT2D eigenvalue weighted by molar-refractivity contribution is -0.132. The normalized spacial score (nSPS) is 16.8. The van der Waals surface area contributed by atoms with E-state index >= 15 is 0 Å². The van der Waals surface area contributed by atoms with Crippen LogP contribution in [-0.4, -0.2) is 28.2 Å². The van der Waals surface area contributed by atoms with Crippen LogP contribution in [0.25, 0.3) is 0 Å². The average Bonchev–Trinajstić information content (AvgIpc) is 2.48. The van der Waals surface area contributed by atoms with Crippen molar-refractivity contribution < 1.29 is 4.79 Å². The molecule has 98 valence electrons. The zero-order chi connectivity index (χ0) is 13.9. The zero-order valence-corrected chi connectivity index (χ0v) is 10.7. The molecule has 1 aromatic rings. The van der Waals surface area contributed by atoms with Gasteiger partial charge in [-0.05, 0) is 29.8 Å². The Bertz CT molecular complexity index is 681. The lowest BCUT2D eigenvalue weighted by Crippen LogP contribution is -2.44. The first-order valence-corrected chi connectivity index (χ1v) is 6.26. The van der Waals surface area contributed by atoms with Crippen molar-refractivity contribution >= 4 is 11.7 Å². The fourth-order valence-electron chi connectivity index (χ4n) is 2.13. The first kappa shape index (κ1) is 12.2. The van der Waals surface area contributed by atoms with Gasteiger partial charge in [0.05, 0.1) is 18.2 Å². The molecule has 2 heterocycles. The van der Waals surface area contributed by atoms with E-state index in [0.29, 0.717) is 12.1 Å². The molecule has 3 rings (SSSR count). The third-order valence-corrected chi connectivity index (χ3v) is 3.12. The molecule has 5 heteroatoms. The molecular formula is C15H12N4O. The molecule has 0 fully saturated rings. The van der Waals surface area contributed by atoms with Gasteiger partial charge in [0.1, 0.15) is 6.54 Å². The topological polar surface area (TPSA) is 59.7 Å². The van der Waals surface area contributed by atoms with Gasteiger partial charge in [-0.25, -0.2) is 5.01 Å². The van der Waals surface area contributed by atoms with Crippen molar-refractivity contribution in [1.29, 1.82) is 5.26 Å². The van der Waals surface area contributed by atoms with E-state index in [1.165, 1.54) is 5.01 Å². The van der Waals surface area contributed by atoms with Crippen molar-refractivity contribution in [3.63, 3.8) is 0 Å². The molecule has 0 aromatic heterocycles. The highest BCUT2D eigenvalue weighted by molar-refractivity contribution is 6.00. The maximum absolute atomic E-state index is 12.1. The second-order valence-electron chi connectivity index (χ2n) is 4.55. The maximum Gasteiger partial charge on any atom is 0.263 e. The standard InChI is InChI=1S/C15H12N4O/c16-9-12-4-3-5-13(8-12)10-19-15(20)11-18-7-2-1-6-14(18)17-19/h1-8H,10-11H2. The lowest BCUT2D eigenvalue weighted by Gasteiger charge is -2.31. The molecule has 0 N–H and O–H groups in total. The van der Waals surface area contributed by atoms with Crippen LogP contribution in [0.3, 0.4) is 0 Å². The summed E-state index contributed by atoms with van der Waals surface area (Å²) in [4.78, 5) is 13.9. The van der Waals surface area contributed by atoms with Gasteiger partial charge in [0.15, 0.2) is 5.84 Å². The van der Waals surface area contributed by atoms with Crippen LogP contribution < -0.4 is 0 Å². The number of hydrazone groups is 1. The van der Waals surface area contributed by atoms with Crippen LogP contribution in [0.4, 0.5) is 0 Å². The molecule has 0 spiro atoms. The number of fused-ring (bicyclic) bond motifs is 1. The molecule has 2 aliphatic rings. The van der Waals surface area contributed by atoms with E-state index in [4.69, 9.17) is 5.26 Å². The van der Waals surface area contributed by atoms with Gasteiger partial charge in [-0.15, -0.1) is 0 Å². The molecule has 0 saturated carbocycles. The molecule has 0 radical (unpaired) electrons. The Morgan fingerprint density at radius 3 is 3.10 bits per heavy atom. The zero-order valence-electron chi connectivity index (χ0n) is 10.7. The van der Waals surface area contributed by atoms with E-state index < -0.39 is 0 Å². The summed E-state index contributed by atoms with van der Waals surface area (Å²) in [6.45, 7) is 0.668. The third-order valence-electron chi connectivity index (χ3n) is 3.12. The minimum atomic E-state index is -0.0592. The highest BCUT2D eigenvalue weighted by atomic mass is 16.2. The predicted molar refractivity (Wildman–Crippen MR) is 74.1 cm³/mol. The summed E-state index contributed by atoms with van der Waals surface area (Å²) < 4.78 is 0. The lowest BCUT2D eigenvalue weighted by atomic mass is 10.1. The van der Waals surface area contributed by atoms with Gasteiger partial charge in [0.25, 0.3) is 5.91 Å². The van der Waals surface area contributed by atoms with Crippen molar-refractivity contribution in [2.45, 2.75) is 6.54 Å². The Labute approximate surface area is 116 Å². The molecule has 0 atom stereocenters. The quantitative estimate of drug-likeness (QED) is 0.815. The van der Waals surface area contributed by atoms with E-state index in [-0.39, 0.29) is 12.5 Å². The third kappa shape index (κ3) is 2.31. The number of rotatable bonds is 2. The van der Waals surface area contributed by atoms with Crippen molar-refractivity contribution in [2.24, 2.45) is 5.10 Å². The Morgan fingerprint density at radius 1 is 1.35 bits per heavy atom. The number of carbonyl (C=O) groups is 1. The predicted octanol–water partition coefficient (Wildman–Crippen LogP) is 1.60. The van der Waals surface area contributed by atoms with E-state index in [0.717, 1.165) is 11.4 Å². The summed E-state index contributed by atoms with van der Waals surface area (Å²) in [7, 11) is 0. The van der Waals surface area contributed by atoms with Crippen LogP contribution in [0.2, 0.25) is 0 Å². The monoisotopic (exact) mass is 264 g/mol.